The van der Waals surface area contributed by atoms with Crippen molar-refractivity contribution in [3.8, 4) is 0 Å². The number of hydrogen-bond donors (Lipinski definition) is 0. The third-order valence-electron chi connectivity index (χ3n) is 10.2. The fraction of sp³-hybridized carbons (Fsp3) is 0.750. The van der Waals surface area contributed by atoms with E-state index in [1.54, 1.807) is 0 Å². The Morgan fingerprint density at radius 2 is 1.94 bits per heavy atom. The van der Waals surface area contributed by atoms with Crippen LogP contribution in [0.15, 0.2) is 23.3 Å². The zero-order valence-electron chi connectivity index (χ0n) is 20.6. The highest BCUT2D eigenvalue weighted by molar-refractivity contribution is 5.92. The summed E-state index contributed by atoms with van der Waals surface area (Å²) in [6.45, 7) is 10.9. The van der Waals surface area contributed by atoms with Gasteiger partial charge in [0.05, 0.1) is 0 Å². The molecule has 0 saturated heterocycles. The standard InChI is InChI=1S/C28H40O4/c1-6-7-8-25(31)32-17-24(30)28(5)18(2)15-23-21-10-9-19-16-20(29)11-13-26(19,3)22(21)12-14-27(23,28)4/h12,16,18,21,23H,6-11,13-15,17H2,1-5H3/t18-,21?,23?,26+,27+,28-/m1/s1. The molecule has 4 aliphatic carbocycles. The van der Waals surface area contributed by atoms with Crippen LogP contribution in [0, 0.1) is 34.0 Å². The maximum Gasteiger partial charge on any atom is 0.306 e. The minimum absolute atomic E-state index is 0.0131. The van der Waals surface area contributed by atoms with Crippen LogP contribution in [0.2, 0.25) is 0 Å². The fourth-order valence-corrected chi connectivity index (χ4v) is 7.71. The number of fused-ring (bicyclic) bond motifs is 5. The summed E-state index contributed by atoms with van der Waals surface area (Å²) in [4.78, 5) is 37.7. The van der Waals surface area contributed by atoms with Gasteiger partial charge in [0.1, 0.15) is 0 Å². The van der Waals surface area contributed by atoms with Crippen molar-refractivity contribution in [2.24, 2.45) is 34.0 Å². The number of ketones is 2. The van der Waals surface area contributed by atoms with Gasteiger partial charge in [0.2, 0.25) is 0 Å². The number of rotatable bonds is 6. The predicted molar refractivity (Wildman–Crippen MR) is 125 cm³/mol. The molecule has 32 heavy (non-hydrogen) atoms. The molecule has 4 aliphatic rings. The smallest absolute Gasteiger partial charge is 0.306 e. The van der Waals surface area contributed by atoms with Crippen LogP contribution >= 0.6 is 0 Å². The Kier molecular flexibility index (Phi) is 6.05. The van der Waals surface area contributed by atoms with Gasteiger partial charge in [-0.3, -0.25) is 14.4 Å². The number of carbonyl (C=O) groups excluding carboxylic acids is 3. The lowest BCUT2D eigenvalue weighted by Crippen LogP contribution is -2.51. The maximum atomic E-state index is 13.6. The van der Waals surface area contributed by atoms with E-state index in [9.17, 15) is 14.4 Å². The van der Waals surface area contributed by atoms with Gasteiger partial charge in [-0.2, -0.15) is 0 Å². The quantitative estimate of drug-likeness (QED) is 0.376. The van der Waals surface area contributed by atoms with Crippen LogP contribution < -0.4 is 0 Å². The molecule has 2 unspecified atom stereocenters. The molecule has 176 valence electrons. The van der Waals surface area contributed by atoms with Gasteiger partial charge in [0.15, 0.2) is 18.2 Å². The molecule has 6 atom stereocenters. The topological polar surface area (TPSA) is 60.4 Å². The van der Waals surface area contributed by atoms with Crippen LogP contribution in [-0.2, 0) is 19.1 Å². The Balaban J connectivity index is 1.59. The van der Waals surface area contributed by atoms with Gasteiger partial charge in [0.25, 0.3) is 0 Å². The monoisotopic (exact) mass is 440 g/mol. The van der Waals surface area contributed by atoms with E-state index in [4.69, 9.17) is 4.74 Å². The first-order valence-electron chi connectivity index (χ1n) is 12.7. The SMILES string of the molecule is CCCCC(=O)OCC(=O)[C@@]1(C)[C@H](C)CC2C3CCC4=CC(=O)CC[C@]4(C)C3=CC[C@@]21C. The molecule has 0 aromatic carbocycles. The van der Waals surface area contributed by atoms with Crippen molar-refractivity contribution in [1.29, 1.82) is 0 Å². The van der Waals surface area contributed by atoms with Crippen molar-refractivity contribution < 1.29 is 19.1 Å². The van der Waals surface area contributed by atoms with Crippen LogP contribution in [-0.4, -0.2) is 24.1 Å². The van der Waals surface area contributed by atoms with Crippen molar-refractivity contribution in [2.45, 2.75) is 92.4 Å². The van der Waals surface area contributed by atoms with Crippen LogP contribution in [0.3, 0.4) is 0 Å². The molecule has 0 spiro atoms. The number of carbonyl (C=O) groups is 3. The van der Waals surface area contributed by atoms with Crippen molar-refractivity contribution in [3.63, 3.8) is 0 Å². The Bertz CT molecular complexity index is 882. The Morgan fingerprint density at radius 1 is 1.19 bits per heavy atom. The maximum absolute atomic E-state index is 13.6. The molecule has 4 nitrogen and oxygen atoms in total. The summed E-state index contributed by atoms with van der Waals surface area (Å²) in [6, 6.07) is 0. The van der Waals surface area contributed by atoms with E-state index in [1.807, 2.05) is 13.0 Å². The van der Waals surface area contributed by atoms with E-state index >= 15 is 0 Å². The Labute approximate surface area is 193 Å². The first-order chi connectivity index (χ1) is 15.1. The lowest BCUT2D eigenvalue weighted by molar-refractivity contribution is -0.155. The third kappa shape index (κ3) is 3.35. The highest BCUT2D eigenvalue weighted by Gasteiger charge is 2.65. The van der Waals surface area contributed by atoms with Crippen LogP contribution in [0.5, 0.6) is 0 Å². The summed E-state index contributed by atoms with van der Waals surface area (Å²) < 4.78 is 5.42. The molecule has 0 bridgehead atoms. The lowest BCUT2D eigenvalue weighted by atomic mass is 9.48. The molecule has 4 heteroatoms. The van der Waals surface area contributed by atoms with E-state index < -0.39 is 5.41 Å². The Hall–Kier alpha value is -1.71. The second-order valence-corrected chi connectivity index (χ2v) is 11.5. The minimum Gasteiger partial charge on any atom is -0.458 e. The molecule has 0 amide bonds. The molecule has 0 heterocycles. The number of ether oxygens (including phenoxy) is 1. The van der Waals surface area contributed by atoms with E-state index in [-0.39, 0.29) is 40.9 Å². The largest absolute Gasteiger partial charge is 0.458 e. The van der Waals surface area contributed by atoms with Crippen molar-refractivity contribution in [1.82, 2.24) is 0 Å². The van der Waals surface area contributed by atoms with Crippen molar-refractivity contribution in [3.05, 3.63) is 23.3 Å². The third-order valence-corrected chi connectivity index (χ3v) is 10.2. The number of hydrogen-bond acceptors (Lipinski definition) is 4. The van der Waals surface area contributed by atoms with E-state index in [0.717, 1.165) is 44.9 Å². The zero-order valence-corrected chi connectivity index (χ0v) is 20.6. The molecule has 0 aromatic heterocycles. The molecule has 0 radical (unpaired) electrons. The van der Waals surface area contributed by atoms with Gasteiger partial charge < -0.3 is 4.74 Å². The molecule has 2 saturated carbocycles. The minimum atomic E-state index is -0.496. The van der Waals surface area contributed by atoms with Gasteiger partial charge in [-0.25, -0.2) is 0 Å². The summed E-state index contributed by atoms with van der Waals surface area (Å²) >= 11 is 0. The van der Waals surface area contributed by atoms with Gasteiger partial charge in [-0.15, -0.1) is 0 Å². The van der Waals surface area contributed by atoms with Crippen molar-refractivity contribution in [2.75, 3.05) is 6.61 Å². The number of unbranched alkanes of at least 4 members (excludes halogenated alkanes) is 1. The fourth-order valence-electron chi connectivity index (χ4n) is 7.71. The molecule has 0 aromatic rings. The van der Waals surface area contributed by atoms with E-state index in [1.165, 1.54) is 11.1 Å². The van der Waals surface area contributed by atoms with E-state index in [2.05, 4.69) is 33.8 Å². The number of Topliss-reactive ketones (excluding diaryl/α,β-unsaturated/α-hetero) is 1. The normalized spacial score (nSPS) is 40.5. The zero-order chi connectivity index (χ0) is 23.3. The predicted octanol–water partition coefficient (Wildman–Crippen LogP) is 5.99. The van der Waals surface area contributed by atoms with Crippen LogP contribution in [0.25, 0.3) is 0 Å². The van der Waals surface area contributed by atoms with Gasteiger partial charge >= 0.3 is 5.97 Å². The lowest BCUT2D eigenvalue weighted by Gasteiger charge is -2.55. The van der Waals surface area contributed by atoms with Crippen molar-refractivity contribution >= 4 is 17.5 Å². The average Bonchev–Trinajstić information content (AvgIpc) is 2.98. The molecule has 4 rings (SSSR count). The number of esters is 1. The first kappa shape index (κ1) is 23.4. The molecular weight excluding hydrogens is 400 g/mol. The highest BCUT2D eigenvalue weighted by atomic mass is 16.5. The highest BCUT2D eigenvalue weighted by Crippen LogP contribution is 2.69. The summed E-state index contributed by atoms with van der Waals surface area (Å²) in [5.74, 6) is 1.30. The van der Waals surface area contributed by atoms with Gasteiger partial charge in [-0.05, 0) is 67.8 Å². The first-order valence-corrected chi connectivity index (χ1v) is 12.7. The summed E-state index contributed by atoms with van der Waals surface area (Å²) in [5, 5.41) is 0. The molecule has 2 fully saturated rings. The molecule has 0 aliphatic heterocycles. The van der Waals surface area contributed by atoms with E-state index in [0.29, 0.717) is 24.7 Å². The van der Waals surface area contributed by atoms with Gasteiger partial charge in [-0.1, -0.05) is 58.3 Å². The second-order valence-electron chi connectivity index (χ2n) is 11.5. The van der Waals surface area contributed by atoms with Crippen LogP contribution in [0.4, 0.5) is 0 Å². The van der Waals surface area contributed by atoms with Gasteiger partial charge in [0, 0.05) is 23.7 Å². The summed E-state index contributed by atoms with van der Waals surface area (Å²) in [6.07, 6.45) is 12.0. The average molecular weight is 441 g/mol. The summed E-state index contributed by atoms with van der Waals surface area (Å²) in [7, 11) is 0. The molecule has 0 N–H and O–H groups in total. The molecular formula is C28H40O4. The second kappa shape index (κ2) is 8.25. The Morgan fingerprint density at radius 3 is 2.66 bits per heavy atom. The summed E-state index contributed by atoms with van der Waals surface area (Å²) in [5.41, 5.74) is 2.24. The van der Waals surface area contributed by atoms with Crippen LogP contribution in [0.1, 0.15) is 92.4 Å². The number of allylic oxidation sites excluding steroid dienone is 4.